The molecule has 3 aromatic rings. The van der Waals surface area contributed by atoms with Crippen LogP contribution in [0, 0.1) is 0 Å². The van der Waals surface area contributed by atoms with Crippen LogP contribution in [-0.2, 0) is 17.8 Å². The zero-order valence-corrected chi connectivity index (χ0v) is 15.1. The second kappa shape index (κ2) is 7.36. The largest absolute Gasteiger partial charge is 0.486 e. The van der Waals surface area contributed by atoms with Gasteiger partial charge in [-0.3, -0.25) is 9.36 Å². The molecule has 0 bridgehead atoms. The molecule has 0 spiro atoms. The molecule has 0 radical (unpaired) electrons. The Morgan fingerprint density at radius 2 is 2.00 bits per heavy atom. The Kier molecular flexibility index (Phi) is 4.77. The van der Waals surface area contributed by atoms with Gasteiger partial charge in [0.2, 0.25) is 5.91 Å². The Morgan fingerprint density at radius 3 is 2.89 bits per heavy atom. The van der Waals surface area contributed by atoms with Crippen molar-refractivity contribution >= 4 is 28.6 Å². The summed E-state index contributed by atoms with van der Waals surface area (Å²) in [6.45, 7) is 1.26. The molecule has 1 aliphatic rings. The molecule has 0 saturated carbocycles. The molecule has 2 heterocycles. The van der Waals surface area contributed by atoms with E-state index in [9.17, 15) is 9.59 Å². The highest BCUT2D eigenvalue weighted by Crippen LogP contribution is 2.38. The van der Waals surface area contributed by atoms with Crippen molar-refractivity contribution in [2.75, 3.05) is 19.8 Å². The predicted molar refractivity (Wildman–Crippen MR) is 99.6 cm³/mol. The maximum absolute atomic E-state index is 12.2. The molecule has 140 valence electrons. The van der Waals surface area contributed by atoms with Gasteiger partial charge in [-0.2, -0.15) is 0 Å². The van der Waals surface area contributed by atoms with Crippen LogP contribution in [0.5, 0.6) is 11.5 Å². The number of benzene rings is 2. The summed E-state index contributed by atoms with van der Waals surface area (Å²) in [4.78, 5) is 24.1. The molecule has 1 aromatic heterocycles. The summed E-state index contributed by atoms with van der Waals surface area (Å²) < 4.78 is 17.5. The molecule has 0 atom stereocenters. The number of halogens is 1. The van der Waals surface area contributed by atoms with Crippen LogP contribution in [0.4, 0.5) is 0 Å². The average Bonchev–Trinajstić information content (AvgIpc) is 2.97. The molecule has 2 aromatic carbocycles. The van der Waals surface area contributed by atoms with Gasteiger partial charge >= 0.3 is 5.76 Å². The molecule has 0 saturated heterocycles. The second-order valence-electron chi connectivity index (χ2n) is 6.12. The first-order valence-corrected chi connectivity index (χ1v) is 8.93. The monoisotopic (exact) mass is 388 g/mol. The van der Waals surface area contributed by atoms with Crippen molar-refractivity contribution in [2.24, 2.45) is 0 Å². The van der Waals surface area contributed by atoms with E-state index in [-0.39, 0.29) is 12.5 Å². The van der Waals surface area contributed by atoms with E-state index in [1.54, 1.807) is 30.3 Å². The molecule has 8 heteroatoms. The Bertz CT molecular complexity index is 1060. The Hall–Kier alpha value is -2.93. The second-order valence-corrected chi connectivity index (χ2v) is 6.53. The normalized spacial score (nSPS) is 12.9. The number of amides is 1. The minimum absolute atomic E-state index is 0.0995. The summed E-state index contributed by atoms with van der Waals surface area (Å²) in [5.74, 6) is 0.352. The fraction of sp³-hybridized carbons (Fsp3) is 0.263. The van der Waals surface area contributed by atoms with Crippen LogP contribution in [0.2, 0.25) is 5.02 Å². The Balaban J connectivity index is 1.38. The number of carbonyl (C=O) groups is 1. The van der Waals surface area contributed by atoms with E-state index >= 15 is 0 Å². The van der Waals surface area contributed by atoms with Gasteiger partial charge in [-0.15, -0.1) is 0 Å². The molecule has 1 N–H and O–H groups in total. The molecule has 7 nitrogen and oxygen atoms in total. The standard InChI is InChI=1S/C19H17ClN2O5/c20-13-9-12(10-16-18(13)26-8-7-25-16)5-6-21-17(23)11-22-14-3-1-2-4-15(14)27-19(22)24/h1-4,9-10H,5-8,11H2,(H,21,23). The summed E-state index contributed by atoms with van der Waals surface area (Å²) >= 11 is 6.22. The maximum atomic E-state index is 12.2. The summed E-state index contributed by atoms with van der Waals surface area (Å²) in [5, 5.41) is 3.30. The first kappa shape index (κ1) is 17.5. The van der Waals surface area contributed by atoms with Crippen LogP contribution in [0.3, 0.4) is 0 Å². The number of hydrogen-bond acceptors (Lipinski definition) is 5. The van der Waals surface area contributed by atoms with Crippen LogP contribution in [0.15, 0.2) is 45.6 Å². The van der Waals surface area contributed by atoms with E-state index in [2.05, 4.69) is 5.32 Å². The average molecular weight is 389 g/mol. The molecule has 0 fully saturated rings. The lowest BCUT2D eigenvalue weighted by Gasteiger charge is -2.20. The molecule has 1 amide bonds. The third-order valence-electron chi connectivity index (χ3n) is 4.27. The van der Waals surface area contributed by atoms with E-state index in [1.807, 2.05) is 6.07 Å². The summed E-state index contributed by atoms with van der Waals surface area (Å²) in [5.41, 5.74) is 1.98. The summed E-state index contributed by atoms with van der Waals surface area (Å²) in [7, 11) is 0. The first-order chi connectivity index (χ1) is 13.1. The van der Waals surface area contributed by atoms with Crippen molar-refractivity contribution in [3.63, 3.8) is 0 Å². The van der Waals surface area contributed by atoms with Gasteiger partial charge in [0.25, 0.3) is 0 Å². The van der Waals surface area contributed by atoms with Crippen molar-refractivity contribution in [1.82, 2.24) is 9.88 Å². The van der Waals surface area contributed by atoms with Gasteiger partial charge in [-0.1, -0.05) is 23.7 Å². The van der Waals surface area contributed by atoms with Crippen molar-refractivity contribution < 1.29 is 18.7 Å². The number of para-hydroxylation sites is 2. The van der Waals surface area contributed by atoms with Crippen LogP contribution in [0.1, 0.15) is 5.56 Å². The molecule has 1 aliphatic heterocycles. The number of nitrogens with zero attached hydrogens (tertiary/aromatic N) is 1. The maximum Gasteiger partial charge on any atom is 0.420 e. The SMILES string of the molecule is O=C(Cn1c(=O)oc2ccccc21)NCCc1cc(Cl)c2c(c1)OCCO2. The quantitative estimate of drug-likeness (QED) is 0.725. The molecule has 0 aliphatic carbocycles. The number of fused-ring (bicyclic) bond motifs is 2. The Labute approximate surface area is 159 Å². The number of ether oxygens (including phenoxy) is 2. The number of carbonyl (C=O) groups excluding carboxylic acids is 1. The highest BCUT2D eigenvalue weighted by atomic mass is 35.5. The van der Waals surface area contributed by atoms with Crippen molar-refractivity contribution in [3.8, 4) is 11.5 Å². The minimum atomic E-state index is -0.551. The molecular formula is C19H17ClN2O5. The number of oxazole rings is 1. The lowest BCUT2D eigenvalue weighted by molar-refractivity contribution is -0.121. The zero-order chi connectivity index (χ0) is 18.8. The highest BCUT2D eigenvalue weighted by Gasteiger charge is 2.17. The topological polar surface area (TPSA) is 82.7 Å². The van der Waals surface area contributed by atoms with Gasteiger partial charge in [-0.05, 0) is 36.2 Å². The van der Waals surface area contributed by atoms with Crippen LogP contribution in [-0.4, -0.2) is 30.2 Å². The van der Waals surface area contributed by atoms with Crippen LogP contribution < -0.4 is 20.5 Å². The summed E-state index contributed by atoms with van der Waals surface area (Å²) in [6.07, 6.45) is 0.573. The smallest absolute Gasteiger partial charge is 0.420 e. The highest BCUT2D eigenvalue weighted by molar-refractivity contribution is 6.32. The van der Waals surface area contributed by atoms with Gasteiger partial charge in [0, 0.05) is 6.54 Å². The molecule has 4 rings (SSSR count). The molecule has 0 unspecified atom stereocenters. The van der Waals surface area contributed by atoms with Gasteiger partial charge in [0.15, 0.2) is 17.1 Å². The third-order valence-corrected chi connectivity index (χ3v) is 4.55. The Morgan fingerprint density at radius 1 is 1.19 bits per heavy atom. The van der Waals surface area contributed by atoms with Gasteiger partial charge in [-0.25, -0.2) is 4.79 Å². The zero-order valence-electron chi connectivity index (χ0n) is 14.4. The number of aromatic nitrogens is 1. The van der Waals surface area contributed by atoms with E-state index in [0.29, 0.717) is 53.8 Å². The van der Waals surface area contributed by atoms with Crippen LogP contribution in [0.25, 0.3) is 11.1 Å². The van der Waals surface area contributed by atoms with E-state index in [1.165, 1.54) is 4.57 Å². The molecular weight excluding hydrogens is 372 g/mol. The van der Waals surface area contributed by atoms with Crippen LogP contribution >= 0.6 is 11.6 Å². The summed E-state index contributed by atoms with van der Waals surface area (Å²) in [6, 6.07) is 10.7. The van der Waals surface area contributed by atoms with E-state index < -0.39 is 5.76 Å². The lowest BCUT2D eigenvalue weighted by atomic mass is 10.1. The lowest BCUT2D eigenvalue weighted by Crippen LogP contribution is -2.32. The molecule has 27 heavy (non-hydrogen) atoms. The van der Waals surface area contributed by atoms with Gasteiger partial charge in [0.1, 0.15) is 19.8 Å². The number of hydrogen-bond donors (Lipinski definition) is 1. The van der Waals surface area contributed by atoms with Crippen molar-refractivity contribution in [1.29, 1.82) is 0 Å². The number of nitrogens with one attached hydrogen (secondary N) is 1. The predicted octanol–water partition coefficient (Wildman–Crippen LogP) is 2.38. The first-order valence-electron chi connectivity index (χ1n) is 8.55. The number of rotatable bonds is 5. The fourth-order valence-electron chi connectivity index (χ4n) is 3.02. The van der Waals surface area contributed by atoms with Gasteiger partial charge < -0.3 is 19.2 Å². The van der Waals surface area contributed by atoms with E-state index in [4.69, 9.17) is 25.5 Å². The minimum Gasteiger partial charge on any atom is -0.486 e. The van der Waals surface area contributed by atoms with Crippen molar-refractivity contribution in [3.05, 3.63) is 57.5 Å². The van der Waals surface area contributed by atoms with E-state index in [0.717, 1.165) is 5.56 Å². The third kappa shape index (κ3) is 3.64. The van der Waals surface area contributed by atoms with Gasteiger partial charge in [0.05, 0.1) is 10.5 Å². The fourth-order valence-corrected chi connectivity index (χ4v) is 3.31. The van der Waals surface area contributed by atoms with Crippen molar-refractivity contribution in [2.45, 2.75) is 13.0 Å².